The summed E-state index contributed by atoms with van der Waals surface area (Å²) in [5.74, 6) is 0.323. The molecule has 0 aliphatic heterocycles. The predicted molar refractivity (Wildman–Crippen MR) is 74.4 cm³/mol. The Kier molecular flexibility index (Phi) is 2.85. The molecular formula is C16H15N2. The maximum atomic E-state index is 4.34. The van der Waals surface area contributed by atoms with Crippen molar-refractivity contribution in [3.63, 3.8) is 0 Å². The van der Waals surface area contributed by atoms with E-state index in [-0.39, 0.29) is 0 Å². The molecule has 2 heterocycles. The van der Waals surface area contributed by atoms with E-state index in [1.54, 1.807) is 0 Å². The quantitative estimate of drug-likeness (QED) is 0.732. The van der Waals surface area contributed by atoms with Crippen LogP contribution in [0.5, 0.6) is 0 Å². The van der Waals surface area contributed by atoms with Gasteiger partial charge in [-0.25, -0.2) is 4.98 Å². The van der Waals surface area contributed by atoms with E-state index >= 15 is 0 Å². The number of aromatic nitrogens is 2. The number of fused-ring (bicyclic) bond motifs is 1. The molecule has 1 N–H and O–H groups in total. The molecule has 0 saturated heterocycles. The van der Waals surface area contributed by atoms with Crippen molar-refractivity contribution < 1.29 is 0 Å². The van der Waals surface area contributed by atoms with Gasteiger partial charge in [0.2, 0.25) is 0 Å². The van der Waals surface area contributed by atoms with Gasteiger partial charge in [0.05, 0.1) is 0 Å². The first kappa shape index (κ1) is 11.0. The average Bonchev–Trinajstić information content (AvgIpc) is 2.85. The van der Waals surface area contributed by atoms with Crippen LogP contribution in [0.4, 0.5) is 0 Å². The largest absolute Gasteiger partial charge is 0.346 e. The molecule has 3 rings (SSSR count). The Morgan fingerprint density at radius 2 is 1.94 bits per heavy atom. The highest BCUT2D eigenvalue weighted by Crippen LogP contribution is 2.32. The van der Waals surface area contributed by atoms with Gasteiger partial charge >= 0.3 is 0 Å². The molecule has 0 fully saturated rings. The van der Waals surface area contributed by atoms with Gasteiger partial charge in [0.15, 0.2) is 0 Å². The van der Waals surface area contributed by atoms with Gasteiger partial charge in [0.1, 0.15) is 5.65 Å². The standard InChI is InChI=1S/C16H15N2/c1-2-13(12-7-4-3-5-8-12)15-11-18-16-14(15)9-6-10-17-16/h3-11,13H,1-2H2,(H,17,18). The minimum atomic E-state index is 0.323. The van der Waals surface area contributed by atoms with Gasteiger partial charge in [-0.3, -0.25) is 0 Å². The molecule has 2 aromatic heterocycles. The molecule has 1 radical (unpaired) electrons. The molecule has 2 nitrogen and oxygen atoms in total. The number of nitrogens with zero attached hydrogens (tertiary/aromatic N) is 1. The third-order valence-corrected chi connectivity index (χ3v) is 3.35. The lowest BCUT2D eigenvalue weighted by Gasteiger charge is -2.14. The third kappa shape index (κ3) is 1.80. The molecule has 0 spiro atoms. The molecule has 3 aromatic rings. The lowest BCUT2D eigenvalue weighted by Crippen LogP contribution is -1.98. The number of H-pyrrole nitrogens is 1. The van der Waals surface area contributed by atoms with E-state index in [1.807, 2.05) is 18.3 Å². The summed E-state index contributed by atoms with van der Waals surface area (Å²) in [6.07, 6.45) is 4.71. The van der Waals surface area contributed by atoms with E-state index in [9.17, 15) is 0 Å². The van der Waals surface area contributed by atoms with Crippen LogP contribution < -0.4 is 0 Å². The fourth-order valence-electron chi connectivity index (χ4n) is 2.45. The fraction of sp³-hybridized carbons (Fsp3) is 0.125. The van der Waals surface area contributed by atoms with Gasteiger partial charge in [0, 0.05) is 23.7 Å². The molecule has 89 valence electrons. The molecule has 18 heavy (non-hydrogen) atoms. The Labute approximate surface area is 107 Å². The zero-order chi connectivity index (χ0) is 12.4. The number of aromatic amines is 1. The van der Waals surface area contributed by atoms with Crippen LogP contribution in [0.2, 0.25) is 0 Å². The summed E-state index contributed by atoms with van der Waals surface area (Å²) in [5, 5.41) is 1.19. The Morgan fingerprint density at radius 1 is 1.11 bits per heavy atom. The van der Waals surface area contributed by atoms with Crippen LogP contribution in [0.25, 0.3) is 11.0 Å². The Bertz CT molecular complexity index is 640. The predicted octanol–water partition coefficient (Wildman–Crippen LogP) is 3.92. The summed E-state index contributed by atoms with van der Waals surface area (Å²) < 4.78 is 0. The Morgan fingerprint density at radius 3 is 2.72 bits per heavy atom. The highest BCUT2D eigenvalue weighted by Gasteiger charge is 2.16. The van der Waals surface area contributed by atoms with Crippen molar-refractivity contribution in [2.24, 2.45) is 0 Å². The van der Waals surface area contributed by atoms with E-state index in [2.05, 4.69) is 53.4 Å². The zero-order valence-electron chi connectivity index (χ0n) is 10.1. The molecule has 0 aliphatic carbocycles. The van der Waals surface area contributed by atoms with Crippen molar-refractivity contribution in [3.05, 3.63) is 72.9 Å². The normalized spacial score (nSPS) is 12.7. The monoisotopic (exact) mass is 235 g/mol. The van der Waals surface area contributed by atoms with Crippen molar-refractivity contribution >= 4 is 11.0 Å². The summed E-state index contributed by atoms with van der Waals surface area (Å²) >= 11 is 0. The Hall–Kier alpha value is -2.09. The number of hydrogen-bond donors (Lipinski definition) is 1. The molecule has 0 saturated carbocycles. The average molecular weight is 235 g/mol. The number of pyridine rings is 1. The van der Waals surface area contributed by atoms with Crippen LogP contribution in [-0.2, 0) is 0 Å². The van der Waals surface area contributed by atoms with E-state index in [0.29, 0.717) is 5.92 Å². The number of hydrogen-bond acceptors (Lipinski definition) is 1. The molecule has 1 atom stereocenters. The SMILES string of the molecule is [CH2]CC(c1ccccc1)c1c[nH]c2ncccc12. The zero-order valence-corrected chi connectivity index (χ0v) is 10.1. The molecule has 0 aliphatic rings. The first-order chi connectivity index (χ1) is 8.90. The minimum absolute atomic E-state index is 0.323. The fourth-order valence-corrected chi connectivity index (χ4v) is 2.45. The van der Waals surface area contributed by atoms with Gasteiger partial charge in [-0.2, -0.15) is 0 Å². The second kappa shape index (κ2) is 4.65. The Balaban J connectivity index is 2.12. The van der Waals surface area contributed by atoms with Crippen molar-refractivity contribution in [1.82, 2.24) is 9.97 Å². The van der Waals surface area contributed by atoms with Crippen LogP contribution >= 0.6 is 0 Å². The van der Waals surface area contributed by atoms with E-state index in [1.165, 1.54) is 16.5 Å². The lowest BCUT2D eigenvalue weighted by molar-refractivity contribution is 0.834. The minimum Gasteiger partial charge on any atom is -0.346 e. The molecular weight excluding hydrogens is 220 g/mol. The molecule has 1 aromatic carbocycles. The van der Waals surface area contributed by atoms with Gasteiger partial charge in [0.25, 0.3) is 0 Å². The van der Waals surface area contributed by atoms with Gasteiger partial charge in [-0.05, 0) is 29.7 Å². The van der Waals surface area contributed by atoms with Crippen LogP contribution in [0.3, 0.4) is 0 Å². The van der Waals surface area contributed by atoms with Crippen molar-refractivity contribution in [2.45, 2.75) is 12.3 Å². The highest BCUT2D eigenvalue weighted by atomic mass is 14.8. The number of nitrogens with one attached hydrogen (secondary N) is 1. The second-order valence-electron chi connectivity index (χ2n) is 4.40. The highest BCUT2D eigenvalue weighted by molar-refractivity contribution is 5.80. The first-order valence-corrected chi connectivity index (χ1v) is 6.16. The molecule has 0 bridgehead atoms. The van der Waals surface area contributed by atoms with Crippen LogP contribution in [0.1, 0.15) is 23.5 Å². The smallest absolute Gasteiger partial charge is 0.137 e. The van der Waals surface area contributed by atoms with Crippen molar-refractivity contribution in [3.8, 4) is 0 Å². The summed E-state index contributed by atoms with van der Waals surface area (Å²) in [7, 11) is 0. The summed E-state index contributed by atoms with van der Waals surface area (Å²) in [4.78, 5) is 7.57. The number of benzene rings is 1. The maximum absolute atomic E-state index is 4.34. The maximum Gasteiger partial charge on any atom is 0.137 e. The first-order valence-electron chi connectivity index (χ1n) is 6.16. The van der Waals surface area contributed by atoms with Gasteiger partial charge in [-0.1, -0.05) is 37.3 Å². The summed E-state index contributed by atoms with van der Waals surface area (Å²) in [6.45, 7) is 4.09. The van der Waals surface area contributed by atoms with E-state index in [0.717, 1.165) is 12.1 Å². The van der Waals surface area contributed by atoms with Crippen molar-refractivity contribution in [2.75, 3.05) is 0 Å². The van der Waals surface area contributed by atoms with E-state index < -0.39 is 0 Å². The van der Waals surface area contributed by atoms with Gasteiger partial charge in [-0.15, -0.1) is 0 Å². The third-order valence-electron chi connectivity index (χ3n) is 3.35. The van der Waals surface area contributed by atoms with Gasteiger partial charge < -0.3 is 4.98 Å². The number of rotatable bonds is 3. The second-order valence-corrected chi connectivity index (χ2v) is 4.40. The molecule has 1 unspecified atom stereocenters. The summed E-state index contributed by atoms with van der Waals surface area (Å²) in [6, 6.07) is 14.6. The molecule has 2 heteroatoms. The lowest BCUT2D eigenvalue weighted by atomic mass is 9.89. The topological polar surface area (TPSA) is 28.7 Å². The van der Waals surface area contributed by atoms with Crippen molar-refractivity contribution in [1.29, 1.82) is 0 Å². The molecule has 0 amide bonds. The summed E-state index contributed by atoms with van der Waals surface area (Å²) in [5.41, 5.74) is 3.53. The van der Waals surface area contributed by atoms with E-state index in [4.69, 9.17) is 0 Å². The van der Waals surface area contributed by atoms with Crippen LogP contribution in [0.15, 0.2) is 54.9 Å². The van der Waals surface area contributed by atoms with Crippen LogP contribution in [0, 0.1) is 6.92 Å². The van der Waals surface area contributed by atoms with Crippen LogP contribution in [-0.4, -0.2) is 9.97 Å².